The molecule has 0 spiro atoms. The fourth-order valence-electron chi connectivity index (χ4n) is 3.61. The lowest BCUT2D eigenvalue weighted by Crippen LogP contribution is -2.49. The molecule has 0 saturated carbocycles. The van der Waals surface area contributed by atoms with Crippen LogP contribution in [0.2, 0.25) is 0 Å². The highest BCUT2D eigenvalue weighted by Crippen LogP contribution is 2.36. The van der Waals surface area contributed by atoms with Crippen molar-refractivity contribution in [3.63, 3.8) is 0 Å². The summed E-state index contributed by atoms with van der Waals surface area (Å²) < 4.78 is 11.1. The molecule has 148 valence electrons. The molecular formula is C20H22ClN3O4. The molecule has 1 fully saturated rings. The highest BCUT2D eigenvalue weighted by atomic mass is 35.5. The van der Waals surface area contributed by atoms with Crippen molar-refractivity contribution in [1.29, 1.82) is 0 Å². The summed E-state index contributed by atoms with van der Waals surface area (Å²) in [5, 5.41) is 6.10. The molecule has 1 unspecified atom stereocenters. The van der Waals surface area contributed by atoms with Gasteiger partial charge in [0.15, 0.2) is 12.4 Å². The summed E-state index contributed by atoms with van der Waals surface area (Å²) in [6, 6.07) is 12.8. The van der Waals surface area contributed by atoms with Crippen molar-refractivity contribution in [3.8, 4) is 11.5 Å². The van der Waals surface area contributed by atoms with Crippen LogP contribution in [-0.4, -0.2) is 50.1 Å². The molecule has 8 heteroatoms. The van der Waals surface area contributed by atoms with Gasteiger partial charge >= 0.3 is 0 Å². The molecule has 1 atom stereocenters. The molecular weight excluding hydrogens is 382 g/mol. The van der Waals surface area contributed by atoms with Gasteiger partial charge in [0.1, 0.15) is 5.75 Å². The zero-order chi connectivity index (χ0) is 18.8. The highest BCUT2D eigenvalue weighted by molar-refractivity contribution is 6.03. The van der Waals surface area contributed by atoms with E-state index in [1.807, 2.05) is 29.2 Å². The summed E-state index contributed by atoms with van der Waals surface area (Å²) >= 11 is 0. The lowest BCUT2D eigenvalue weighted by Gasteiger charge is -2.37. The van der Waals surface area contributed by atoms with E-state index in [0.29, 0.717) is 36.6 Å². The average molecular weight is 404 g/mol. The van der Waals surface area contributed by atoms with Gasteiger partial charge in [-0.1, -0.05) is 24.3 Å². The van der Waals surface area contributed by atoms with Gasteiger partial charge in [0.05, 0.1) is 24.4 Å². The van der Waals surface area contributed by atoms with E-state index < -0.39 is 0 Å². The van der Waals surface area contributed by atoms with E-state index in [4.69, 9.17) is 9.47 Å². The standard InChI is InChI=1S/C20H21N3O4.ClH/c1-26-17-8-3-2-5-13(17)16-11-21-9-10-23(16)20(25)14-6-4-7-15-19(14)27-12-18(24)22-15;/h2-8,16,21H,9-12H2,1H3,(H,22,24);1H. The third-order valence-corrected chi connectivity index (χ3v) is 4.87. The fraction of sp³-hybridized carbons (Fsp3) is 0.300. The van der Waals surface area contributed by atoms with Crippen LogP contribution in [-0.2, 0) is 4.79 Å². The molecule has 4 rings (SSSR count). The number of nitrogens with zero attached hydrogens (tertiary/aromatic N) is 1. The molecule has 0 aromatic heterocycles. The number of carbonyl (C=O) groups excluding carboxylic acids is 2. The van der Waals surface area contributed by atoms with E-state index in [0.717, 1.165) is 11.3 Å². The molecule has 28 heavy (non-hydrogen) atoms. The first-order chi connectivity index (χ1) is 13.2. The second-order valence-electron chi connectivity index (χ2n) is 6.48. The number of piperazine rings is 1. The van der Waals surface area contributed by atoms with Crippen molar-refractivity contribution < 1.29 is 19.1 Å². The molecule has 2 amide bonds. The van der Waals surface area contributed by atoms with E-state index in [-0.39, 0.29) is 36.9 Å². The van der Waals surface area contributed by atoms with Crippen molar-refractivity contribution in [3.05, 3.63) is 53.6 Å². The number of hydrogen-bond donors (Lipinski definition) is 2. The van der Waals surface area contributed by atoms with Crippen molar-refractivity contribution in [2.75, 3.05) is 38.7 Å². The fourth-order valence-corrected chi connectivity index (χ4v) is 3.61. The number of carbonyl (C=O) groups is 2. The summed E-state index contributed by atoms with van der Waals surface area (Å²) in [5.41, 5.74) is 1.94. The molecule has 2 aromatic rings. The predicted molar refractivity (Wildman–Crippen MR) is 107 cm³/mol. The smallest absolute Gasteiger partial charge is 0.262 e. The van der Waals surface area contributed by atoms with E-state index >= 15 is 0 Å². The van der Waals surface area contributed by atoms with Gasteiger partial charge in [-0.05, 0) is 18.2 Å². The van der Waals surface area contributed by atoms with Gasteiger partial charge in [-0.3, -0.25) is 9.59 Å². The Kier molecular flexibility index (Phi) is 6.06. The number of fused-ring (bicyclic) bond motifs is 1. The molecule has 2 N–H and O–H groups in total. The van der Waals surface area contributed by atoms with E-state index in [1.54, 1.807) is 25.3 Å². The van der Waals surface area contributed by atoms with Gasteiger partial charge in [0.2, 0.25) is 0 Å². The number of rotatable bonds is 3. The topological polar surface area (TPSA) is 79.9 Å². The van der Waals surface area contributed by atoms with Crippen LogP contribution in [0.15, 0.2) is 42.5 Å². The second-order valence-corrected chi connectivity index (χ2v) is 6.48. The molecule has 2 heterocycles. The average Bonchev–Trinajstić information content (AvgIpc) is 2.72. The Bertz CT molecular complexity index is 890. The SMILES string of the molecule is COc1ccccc1C1CNCCN1C(=O)c1cccc2c1OCC(=O)N2.Cl. The van der Waals surface area contributed by atoms with Crippen LogP contribution in [0.4, 0.5) is 5.69 Å². The number of methoxy groups -OCH3 is 1. The van der Waals surface area contributed by atoms with E-state index in [2.05, 4.69) is 10.6 Å². The van der Waals surface area contributed by atoms with Gasteiger partial charge < -0.3 is 25.0 Å². The normalized spacial score (nSPS) is 18.2. The number of amides is 2. The molecule has 0 bridgehead atoms. The van der Waals surface area contributed by atoms with Crippen LogP contribution >= 0.6 is 12.4 Å². The Balaban J connectivity index is 0.00000225. The van der Waals surface area contributed by atoms with Gasteiger partial charge in [0, 0.05) is 25.2 Å². The zero-order valence-electron chi connectivity index (χ0n) is 15.4. The quantitative estimate of drug-likeness (QED) is 0.821. The lowest BCUT2D eigenvalue weighted by atomic mass is 10.00. The third-order valence-electron chi connectivity index (χ3n) is 4.87. The van der Waals surface area contributed by atoms with Crippen LogP contribution in [0.5, 0.6) is 11.5 Å². The third kappa shape index (κ3) is 3.63. The molecule has 2 aliphatic heterocycles. The molecule has 1 saturated heterocycles. The Labute approximate surface area is 169 Å². The Hall–Kier alpha value is -2.77. The monoisotopic (exact) mass is 403 g/mol. The molecule has 0 radical (unpaired) electrons. The molecule has 2 aliphatic rings. The van der Waals surface area contributed by atoms with Crippen molar-refractivity contribution >= 4 is 29.9 Å². The van der Waals surface area contributed by atoms with E-state index in [1.165, 1.54) is 0 Å². The minimum absolute atomic E-state index is 0. The van der Waals surface area contributed by atoms with Gasteiger partial charge in [-0.25, -0.2) is 0 Å². The first-order valence-electron chi connectivity index (χ1n) is 8.89. The minimum Gasteiger partial charge on any atom is -0.496 e. The highest BCUT2D eigenvalue weighted by Gasteiger charge is 2.33. The maximum Gasteiger partial charge on any atom is 0.262 e. The number of hydrogen-bond acceptors (Lipinski definition) is 5. The predicted octanol–water partition coefficient (Wildman–Crippen LogP) is 2.23. The van der Waals surface area contributed by atoms with Gasteiger partial charge in [-0.2, -0.15) is 0 Å². The number of benzene rings is 2. The largest absolute Gasteiger partial charge is 0.496 e. The van der Waals surface area contributed by atoms with Crippen molar-refractivity contribution in [2.24, 2.45) is 0 Å². The number of anilines is 1. The molecule has 0 aliphatic carbocycles. The lowest BCUT2D eigenvalue weighted by molar-refractivity contribution is -0.118. The molecule has 2 aromatic carbocycles. The Morgan fingerprint density at radius 1 is 1.21 bits per heavy atom. The first-order valence-corrected chi connectivity index (χ1v) is 8.89. The zero-order valence-corrected chi connectivity index (χ0v) is 16.3. The van der Waals surface area contributed by atoms with E-state index in [9.17, 15) is 9.59 Å². The van der Waals surface area contributed by atoms with Crippen LogP contribution < -0.4 is 20.1 Å². The van der Waals surface area contributed by atoms with Crippen molar-refractivity contribution in [1.82, 2.24) is 10.2 Å². The number of nitrogens with one attached hydrogen (secondary N) is 2. The van der Waals surface area contributed by atoms with Crippen LogP contribution in [0, 0.1) is 0 Å². The van der Waals surface area contributed by atoms with Crippen LogP contribution in [0.3, 0.4) is 0 Å². The minimum atomic E-state index is -0.221. The number of ether oxygens (including phenoxy) is 2. The Morgan fingerprint density at radius 3 is 2.86 bits per heavy atom. The maximum absolute atomic E-state index is 13.4. The Morgan fingerprint density at radius 2 is 2.04 bits per heavy atom. The summed E-state index contributed by atoms with van der Waals surface area (Å²) in [6.07, 6.45) is 0. The summed E-state index contributed by atoms with van der Waals surface area (Å²) in [5.74, 6) is 0.837. The number of para-hydroxylation sites is 2. The summed E-state index contributed by atoms with van der Waals surface area (Å²) in [4.78, 5) is 26.8. The molecule has 7 nitrogen and oxygen atoms in total. The second kappa shape index (κ2) is 8.50. The van der Waals surface area contributed by atoms with Crippen molar-refractivity contribution in [2.45, 2.75) is 6.04 Å². The van der Waals surface area contributed by atoms with Gasteiger partial charge in [0.25, 0.3) is 11.8 Å². The summed E-state index contributed by atoms with van der Waals surface area (Å²) in [7, 11) is 1.63. The van der Waals surface area contributed by atoms with Crippen LogP contribution in [0.25, 0.3) is 0 Å². The first kappa shape index (κ1) is 20.0. The van der Waals surface area contributed by atoms with Gasteiger partial charge in [-0.15, -0.1) is 12.4 Å². The summed E-state index contributed by atoms with van der Waals surface area (Å²) in [6.45, 7) is 1.83. The number of halogens is 1. The maximum atomic E-state index is 13.4. The van der Waals surface area contributed by atoms with Crippen LogP contribution in [0.1, 0.15) is 22.0 Å².